The Morgan fingerprint density at radius 1 is 1.20 bits per heavy atom. The molecule has 2 heterocycles. The molecule has 0 aliphatic heterocycles. The van der Waals surface area contributed by atoms with E-state index in [1.54, 1.807) is 35.9 Å². The van der Waals surface area contributed by atoms with Gasteiger partial charge in [-0.15, -0.1) is 11.3 Å². The molecule has 0 atom stereocenters. The molecule has 2 aromatic heterocycles. The highest BCUT2D eigenvalue weighted by Crippen LogP contribution is 2.23. The highest BCUT2D eigenvalue weighted by molar-refractivity contribution is 7.13. The highest BCUT2D eigenvalue weighted by Gasteiger charge is 2.05. The molecule has 102 valence electrons. The largest absolute Gasteiger partial charge is 0.348 e. The number of hydrogen-bond donors (Lipinski definition) is 2. The minimum atomic E-state index is -0.231. The molecule has 0 saturated carbocycles. The SMILES string of the molecule is Fc1ccc(-c2nc(CNCc3ncc[nH]3)cs2)cc1. The molecule has 0 radical (unpaired) electrons. The Morgan fingerprint density at radius 2 is 2.05 bits per heavy atom. The number of hydrogen-bond acceptors (Lipinski definition) is 4. The molecule has 1 aromatic carbocycles. The molecule has 0 unspecified atom stereocenters. The van der Waals surface area contributed by atoms with Gasteiger partial charge in [-0.1, -0.05) is 0 Å². The molecule has 0 fully saturated rings. The Hall–Kier alpha value is -2.05. The third-order valence-electron chi connectivity index (χ3n) is 2.80. The fraction of sp³-hybridized carbons (Fsp3) is 0.143. The van der Waals surface area contributed by atoms with Crippen LogP contribution in [-0.2, 0) is 13.1 Å². The molecule has 3 rings (SSSR count). The van der Waals surface area contributed by atoms with Gasteiger partial charge in [0.2, 0.25) is 0 Å². The lowest BCUT2D eigenvalue weighted by atomic mass is 10.2. The van der Waals surface area contributed by atoms with Crippen molar-refractivity contribution in [1.29, 1.82) is 0 Å². The van der Waals surface area contributed by atoms with Crippen LogP contribution in [0.15, 0.2) is 42.0 Å². The number of H-pyrrole nitrogens is 1. The minimum Gasteiger partial charge on any atom is -0.348 e. The van der Waals surface area contributed by atoms with E-state index in [1.165, 1.54) is 12.1 Å². The van der Waals surface area contributed by atoms with Gasteiger partial charge in [-0.2, -0.15) is 0 Å². The number of imidazole rings is 1. The second-order valence-corrected chi connectivity index (χ2v) is 5.15. The second kappa shape index (κ2) is 5.94. The van der Waals surface area contributed by atoms with Gasteiger partial charge < -0.3 is 10.3 Å². The van der Waals surface area contributed by atoms with Crippen molar-refractivity contribution < 1.29 is 4.39 Å². The van der Waals surface area contributed by atoms with E-state index >= 15 is 0 Å². The number of benzene rings is 1. The topological polar surface area (TPSA) is 53.6 Å². The Morgan fingerprint density at radius 3 is 2.80 bits per heavy atom. The van der Waals surface area contributed by atoms with Crippen molar-refractivity contribution >= 4 is 11.3 Å². The summed E-state index contributed by atoms with van der Waals surface area (Å²) in [5, 5.41) is 6.18. The quantitative estimate of drug-likeness (QED) is 0.759. The summed E-state index contributed by atoms with van der Waals surface area (Å²) in [6.07, 6.45) is 3.53. The van der Waals surface area contributed by atoms with E-state index < -0.39 is 0 Å². The van der Waals surface area contributed by atoms with Crippen molar-refractivity contribution in [2.75, 3.05) is 0 Å². The lowest BCUT2D eigenvalue weighted by Gasteiger charge is -1.99. The van der Waals surface area contributed by atoms with Crippen LogP contribution in [0.3, 0.4) is 0 Å². The van der Waals surface area contributed by atoms with E-state index in [0.717, 1.165) is 22.1 Å². The highest BCUT2D eigenvalue weighted by atomic mass is 32.1. The van der Waals surface area contributed by atoms with Gasteiger partial charge in [0.1, 0.15) is 16.6 Å². The van der Waals surface area contributed by atoms with Crippen LogP contribution in [0.5, 0.6) is 0 Å². The van der Waals surface area contributed by atoms with E-state index in [1.807, 2.05) is 5.38 Å². The Labute approximate surface area is 119 Å². The van der Waals surface area contributed by atoms with E-state index in [2.05, 4.69) is 20.3 Å². The maximum atomic E-state index is 12.9. The molecular weight excluding hydrogens is 275 g/mol. The van der Waals surface area contributed by atoms with Gasteiger partial charge in [0.15, 0.2) is 0 Å². The summed E-state index contributed by atoms with van der Waals surface area (Å²) in [4.78, 5) is 11.7. The first kappa shape index (κ1) is 13.0. The van der Waals surface area contributed by atoms with Gasteiger partial charge in [0.25, 0.3) is 0 Å². The van der Waals surface area contributed by atoms with Crippen LogP contribution in [0.4, 0.5) is 4.39 Å². The number of nitrogens with one attached hydrogen (secondary N) is 2. The Bertz CT molecular complexity index is 661. The summed E-state index contributed by atoms with van der Waals surface area (Å²) in [7, 11) is 0. The van der Waals surface area contributed by atoms with Crippen molar-refractivity contribution in [2.24, 2.45) is 0 Å². The molecule has 0 saturated heterocycles. The Kier molecular flexibility index (Phi) is 3.85. The average molecular weight is 288 g/mol. The van der Waals surface area contributed by atoms with Crippen LogP contribution in [0.1, 0.15) is 11.5 Å². The summed E-state index contributed by atoms with van der Waals surface area (Å²) >= 11 is 1.56. The van der Waals surface area contributed by atoms with Gasteiger partial charge in [0.05, 0.1) is 12.2 Å². The van der Waals surface area contributed by atoms with Crippen molar-refractivity contribution in [3.8, 4) is 10.6 Å². The van der Waals surface area contributed by atoms with Gasteiger partial charge in [-0.25, -0.2) is 14.4 Å². The number of rotatable bonds is 5. The lowest BCUT2D eigenvalue weighted by Crippen LogP contribution is -2.13. The summed E-state index contributed by atoms with van der Waals surface area (Å²) in [5.41, 5.74) is 1.91. The number of thiazole rings is 1. The maximum absolute atomic E-state index is 12.9. The summed E-state index contributed by atoms with van der Waals surface area (Å²) in [6, 6.07) is 6.39. The Balaban J connectivity index is 1.60. The van der Waals surface area contributed by atoms with E-state index in [0.29, 0.717) is 13.1 Å². The molecule has 0 amide bonds. The monoisotopic (exact) mass is 288 g/mol. The predicted molar refractivity (Wildman–Crippen MR) is 76.6 cm³/mol. The molecule has 0 aliphatic rings. The van der Waals surface area contributed by atoms with Crippen molar-refractivity contribution in [3.63, 3.8) is 0 Å². The van der Waals surface area contributed by atoms with Crippen LogP contribution in [0.25, 0.3) is 10.6 Å². The lowest BCUT2D eigenvalue weighted by molar-refractivity contribution is 0.628. The van der Waals surface area contributed by atoms with Crippen LogP contribution in [-0.4, -0.2) is 15.0 Å². The standard InChI is InChI=1S/C14H13FN4S/c15-11-3-1-10(2-4-11)14-19-12(9-20-14)7-16-8-13-17-5-6-18-13/h1-6,9,16H,7-8H2,(H,17,18). The molecule has 3 aromatic rings. The van der Waals surface area contributed by atoms with E-state index in [4.69, 9.17) is 0 Å². The van der Waals surface area contributed by atoms with Crippen molar-refractivity contribution in [3.05, 3.63) is 59.4 Å². The maximum Gasteiger partial charge on any atom is 0.123 e. The fourth-order valence-electron chi connectivity index (χ4n) is 1.82. The first-order valence-electron chi connectivity index (χ1n) is 6.20. The van der Waals surface area contributed by atoms with Crippen molar-refractivity contribution in [1.82, 2.24) is 20.3 Å². The fourth-order valence-corrected chi connectivity index (χ4v) is 2.64. The molecule has 0 aliphatic carbocycles. The third kappa shape index (κ3) is 3.09. The number of aromatic amines is 1. The summed E-state index contributed by atoms with van der Waals surface area (Å²) in [5.74, 6) is 0.671. The first-order valence-corrected chi connectivity index (χ1v) is 7.08. The third-order valence-corrected chi connectivity index (χ3v) is 3.74. The van der Waals surface area contributed by atoms with Crippen LogP contribution < -0.4 is 5.32 Å². The van der Waals surface area contributed by atoms with Gasteiger partial charge >= 0.3 is 0 Å². The van der Waals surface area contributed by atoms with Gasteiger partial charge in [0, 0.05) is 29.9 Å². The van der Waals surface area contributed by atoms with Crippen LogP contribution in [0.2, 0.25) is 0 Å². The van der Waals surface area contributed by atoms with Crippen LogP contribution in [0, 0.1) is 5.82 Å². The predicted octanol–water partition coefficient (Wildman–Crippen LogP) is 2.96. The van der Waals surface area contributed by atoms with E-state index in [9.17, 15) is 4.39 Å². The van der Waals surface area contributed by atoms with Crippen LogP contribution >= 0.6 is 11.3 Å². The average Bonchev–Trinajstić information content (AvgIpc) is 3.11. The summed E-state index contributed by atoms with van der Waals surface area (Å²) in [6.45, 7) is 1.36. The zero-order valence-corrected chi connectivity index (χ0v) is 11.5. The van der Waals surface area contributed by atoms with Gasteiger partial charge in [-0.05, 0) is 24.3 Å². The number of halogens is 1. The normalized spacial score (nSPS) is 10.8. The first-order chi connectivity index (χ1) is 9.81. The molecule has 20 heavy (non-hydrogen) atoms. The number of nitrogens with zero attached hydrogens (tertiary/aromatic N) is 2. The molecule has 0 bridgehead atoms. The zero-order chi connectivity index (χ0) is 13.8. The minimum absolute atomic E-state index is 0.231. The molecule has 2 N–H and O–H groups in total. The smallest absolute Gasteiger partial charge is 0.123 e. The molecular formula is C14H13FN4S. The summed E-state index contributed by atoms with van der Waals surface area (Å²) < 4.78 is 12.9. The second-order valence-electron chi connectivity index (χ2n) is 4.29. The molecule has 0 spiro atoms. The molecule has 4 nitrogen and oxygen atoms in total. The zero-order valence-electron chi connectivity index (χ0n) is 10.6. The molecule has 6 heteroatoms. The van der Waals surface area contributed by atoms with E-state index in [-0.39, 0.29) is 5.82 Å². The number of aromatic nitrogens is 3. The van der Waals surface area contributed by atoms with Gasteiger partial charge in [-0.3, -0.25) is 0 Å². The van der Waals surface area contributed by atoms with Crippen molar-refractivity contribution in [2.45, 2.75) is 13.1 Å².